The van der Waals surface area contributed by atoms with Gasteiger partial charge in [-0.15, -0.1) is 6.42 Å². The fraction of sp³-hybridized carbons (Fsp3) is 0.423. The van der Waals surface area contributed by atoms with Gasteiger partial charge < -0.3 is 14.2 Å². The van der Waals surface area contributed by atoms with Gasteiger partial charge in [-0.3, -0.25) is 9.67 Å². The average molecular weight is 450 g/mol. The number of hydrogen-bond donors (Lipinski definition) is 0. The fourth-order valence-corrected chi connectivity index (χ4v) is 3.52. The van der Waals surface area contributed by atoms with E-state index in [-0.39, 0.29) is 24.9 Å². The lowest BCUT2D eigenvalue weighted by Gasteiger charge is -2.21. The van der Waals surface area contributed by atoms with Crippen LogP contribution in [0.3, 0.4) is 0 Å². The van der Waals surface area contributed by atoms with Crippen LogP contribution in [0.1, 0.15) is 55.8 Å². The molecule has 1 aromatic heterocycles. The van der Waals surface area contributed by atoms with Gasteiger partial charge >= 0.3 is 6.16 Å². The van der Waals surface area contributed by atoms with Crippen molar-refractivity contribution >= 4 is 23.7 Å². The third-order valence-corrected chi connectivity index (χ3v) is 5.50. The highest BCUT2D eigenvalue weighted by atomic mass is 16.8. The van der Waals surface area contributed by atoms with Gasteiger partial charge in [0.15, 0.2) is 12.4 Å². The summed E-state index contributed by atoms with van der Waals surface area (Å²) >= 11 is 0. The Morgan fingerprint density at radius 2 is 1.82 bits per heavy atom. The van der Waals surface area contributed by atoms with E-state index in [0.717, 1.165) is 28.1 Å². The van der Waals surface area contributed by atoms with Crippen molar-refractivity contribution in [2.24, 2.45) is 4.99 Å². The highest BCUT2D eigenvalue weighted by Crippen LogP contribution is 2.37. The number of ether oxygens (including phenoxy) is 3. The first-order chi connectivity index (χ1) is 15.7. The largest absolute Gasteiger partial charge is 0.512 e. The van der Waals surface area contributed by atoms with Crippen molar-refractivity contribution in [3.8, 4) is 12.3 Å². The molecule has 1 atom stereocenters. The molecule has 174 valence electrons. The molecular weight excluding hydrogens is 418 g/mol. The molecule has 0 aliphatic carbocycles. The second-order valence-corrected chi connectivity index (χ2v) is 8.84. The zero-order valence-electron chi connectivity index (χ0n) is 20.1. The molecule has 0 fully saturated rings. The molecule has 0 saturated heterocycles. The fourth-order valence-electron chi connectivity index (χ4n) is 3.52. The minimum Gasteiger partial charge on any atom is -0.455 e. The van der Waals surface area contributed by atoms with Crippen LogP contribution in [-0.2, 0) is 26.2 Å². The summed E-state index contributed by atoms with van der Waals surface area (Å²) in [4.78, 5) is 16.2. The molecule has 3 rings (SSSR count). The second-order valence-electron chi connectivity index (χ2n) is 8.84. The molecule has 1 aliphatic heterocycles. The van der Waals surface area contributed by atoms with E-state index in [1.807, 2.05) is 31.7 Å². The maximum absolute atomic E-state index is 11.8. The van der Waals surface area contributed by atoms with Gasteiger partial charge in [0.05, 0.1) is 5.69 Å². The van der Waals surface area contributed by atoms with Crippen LogP contribution in [0, 0.1) is 26.2 Å². The smallest absolute Gasteiger partial charge is 0.455 e. The molecule has 0 amide bonds. The van der Waals surface area contributed by atoms with Crippen LogP contribution in [0.5, 0.6) is 0 Å². The maximum atomic E-state index is 11.8. The van der Waals surface area contributed by atoms with E-state index in [0.29, 0.717) is 12.3 Å². The number of aliphatic imine (C=N–C) groups is 1. The molecule has 1 aliphatic rings. The van der Waals surface area contributed by atoms with Gasteiger partial charge in [-0.05, 0) is 37.3 Å². The van der Waals surface area contributed by atoms with Gasteiger partial charge in [0.2, 0.25) is 6.79 Å². The number of carbonyl (C=O) groups is 1. The summed E-state index contributed by atoms with van der Waals surface area (Å²) in [6.07, 6.45) is 6.10. The number of hydrogen-bond acceptors (Lipinski definition) is 6. The first kappa shape index (κ1) is 24.1. The number of terminal acetylenes is 1. The molecule has 0 radical (unpaired) electrons. The van der Waals surface area contributed by atoms with E-state index >= 15 is 0 Å². The Labute approximate surface area is 195 Å². The van der Waals surface area contributed by atoms with E-state index in [2.05, 4.69) is 61.0 Å². The van der Waals surface area contributed by atoms with Crippen molar-refractivity contribution in [2.45, 2.75) is 59.5 Å². The normalized spacial score (nSPS) is 15.5. The van der Waals surface area contributed by atoms with Crippen LogP contribution in [0.4, 0.5) is 4.79 Å². The zero-order chi connectivity index (χ0) is 24.2. The molecule has 7 heteroatoms. The standard InChI is InChI=1S/C26H31N3O4/c1-8-14-31-25(30)33-16-32-24(23-17(3)18(4)28-29(23)9-2)22(21-15-27-21)19-10-12-20(13-11-19)26(5,6)7/h1,10-13,15,21H,9,14,16H2,2-7H3/b24-22+. The lowest BCUT2D eigenvalue weighted by molar-refractivity contribution is -0.000963. The third-order valence-electron chi connectivity index (χ3n) is 5.50. The predicted octanol–water partition coefficient (Wildman–Crippen LogP) is 4.90. The van der Waals surface area contributed by atoms with Crippen LogP contribution in [0.15, 0.2) is 29.3 Å². The van der Waals surface area contributed by atoms with Crippen molar-refractivity contribution in [3.05, 3.63) is 52.3 Å². The molecule has 0 bridgehead atoms. The Balaban J connectivity index is 2.05. The molecule has 7 nitrogen and oxygen atoms in total. The maximum Gasteiger partial charge on any atom is 0.512 e. The van der Waals surface area contributed by atoms with Gasteiger partial charge in [-0.1, -0.05) is 51.0 Å². The van der Waals surface area contributed by atoms with Crippen molar-refractivity contribution in [3.63, 3.8) is 0 Å². The molecule has 0 saturated carbocycles. The van der Waals surface area contributed by atoms with Crippen LogP contribution in [0.2, 0.25) is 0 Å². The minimum atomic E-state index is -0.886. The van der Waals surface area contributed by atoms with Gasteiger partial charge in [-0.2, -0.15) is 5.10 Å². The Bertz CT molecular complexity index is 1110. The number of carbonyl (C=O) groups excluding carboxylic acids is 1. The van der Waals surface area contributed by atoms with E-state index < -0.39 is 6.16 Å². The quantitative estimate of drug-likeness (QED) is 0.248. The van der Waals surface area contributed by atoms with Gasteiger partial charge in [0.25, 0.3) is 0 Å². The van der Waals surface area contributed by atoms with Crippen LogP contribution < -0.4 is 0 Å². The first-order valence-corrected chi connectivity index (χ1v) is 11.0. The van der Waals surface area contributed by atoms with E-state index in [4.69, 9.17) is 20.6 Å². The third kappa shape index (κ3) is 5.64. The summed E-state index contributed by atoms with van der Waals surface area (Å²) in [5.74, 6) is 2.80. The summed E-state index contributed by atoms with van der Waals surface area (Å²) in [5, 5.41) is 4.64. The summed E-state index contributed by atoms with van der Waals surface area (Å²) in [6, 6.07) is 8.29. The number of aryl methyl sites for hydroxylation is 2. The van der Waals surface area contributed by atoms with Crippen LogP contribution in [-0.4, -0.2) is 41.6 Å². The van der Waals surface area contributed by atoms with Gasteiger partial charge in [-0.25, -0.2) is 4.79 Å². The number of nitrogens with zero attached hydrogens (tertiary/aromatic N) is 3. The first-order valence-electron chi connectivity index (χ1n) is 11.0. The number of benzene rings is 1. The second kappa shape index (κ2) is 9.95. The molecule has 1 unspecified atom stereocenters. The lowest BCUT2D eigenvalue weighted by atomic mass is 9.85. The minimum absolute atomic E-state index is 0.0406. The SMILES string of the molecule is C#CCOC(=O)OCO/C(=C(\c1ccc(C(C)(C)C)cc1)C1C=N1)c1c(C)c(C)nn1CC. The number of aromatic nitrogens is 2. The highest BCUT2D eigenvalue weighted by molar-refractivity contribution is 6.04. The van der Waals surface area contributed by atoms with Crippen LogP contribution >= 0.6 is 0 Å². The van der Waals surface area contributed by atoms with Gasteiger partial charge in [0, 0.05) is 23.9 Å². The molecular formula is C26H31N3O4. The monoisotopic (exact) mass is 449 g/mol. The number of rotatable bonds is 8. The zero-order valence-corrected chi connectivity index (χ0v) is 20.1. The predicted molar refractivity (Wildman–Crippen MR) is 129 cm³/mol. The molecule has 33 heavy (non-hydrogen) atoms. The van der Waals surface area contributed by atoms with E-state index in [1.54, 1.807) is 0 Å². The topological polar surface area (TPSA) is 74.9 Å². The Morgan fingerprint density at radius 1 is 1.15 bits per heavy atom. The molecule has 1 aromatic carbocycles. The van der Waals surface area contributed by atoms with E-state index in [9.17, 15) is 4.79 Å². The Hall–Kier alpha value is -3.53. The summed E-state index contributed by atoms with van der Waals surface area (Å²) in [5.41, 5.74) is 5.88. The average Bonchev–Trinajstić information content (AvgIpc) is 3.57. The van der Waals surface area contributed by atoms with Crippen molar-refractivity contribution < 1.29 is 19.0 Å². The molecule has 0 spiro atoms. The Morgan fingerprint density at radius 3 is 2.36 bits per heavy atom. The van der Waals surface area contributed by atoms with Crippen LogP contribution in [0.25, 0.3) is 11.3 Å². The van der Waals surface area contributed by atoms with Crippen molar-refractivity contribution in [2.75, 3.05) is 13.4 Å². The van der Waals surface area contributed by atoms with Crippen molar-refractivity contribution in [1.29, 1.82) is 0 Å². The summed E-state index contributed by atoms with van der Waals surface area (Å²) in [6.45, 7) is 12.7. The molecule has 0 N–H and O–H groups in total. The summed E-state index contributed by atoms with van der Waals surface area (Å²) in [7, 11) is 0. The van der Waals surface area contributed by atoms with E-state index in [1.165, 1.54) is 5.56 Å². The summed E-state index contributed by atoms with van der Waals surface area (Å²) < 4.78 is 17.8. The Kier molecular flexibility index (Phi) is 7.27. The lowest BCUT2D eigenvalue weighted by Crippen LogP contribution is -2.14. The molecule has 2 heterocycles. The highest BCUT2D eigenvalue weighted by Gasteiger charge is 2.30. The van der Waals surface area contributed by atoms with Crippen molar-refractivity contribution in [1.82, 2.24) is 9.78 Å². The molecule has 2 aromatic rings. The van der Waals surface area contributed by atoms with Gasteiger partial charge in [0.1, 0.15) is 11.7 Å².